The Morgan fingerprint density at radius 3 is 2.37 bits per heavy atom. The molecule has 1 unspecified atom stereocenters. The second-order valence-electron chi connectivity index (χ2n) is 7.57. The average Bonchev–Trinajstić information content (AvgIpc) is 2.77. The fraction of sp³-hybridized carbons (Fsp3) is 0.682. The summed E-state index contributed by atoms with van der Waals surface area (Å²) in [5.41, 5.74) is 0. The molecule has 0 spiro atoms. The Labute approximate surface area is 182 Å². The molecule has 7 nitrogen and oxygen atoms in total. The van der Waals surface area contributed by atoms with Crippen LogP contribution in [-0.4, -0.2) is 77.0 Å². The second-order valence-corrected chi connectivity index (χ2v) is 9.68. The minimum Gasteiger partial charge on any atom is -0.379 e. The first-order chi connectivity index (χ1) is 14.5. The van der Waals surface area contributed by atoms with Gasteiger partial charge in [-0.2, -0.15) is 0 Å². The molecule has 1 aliphatic rings. The van der Waals surface area contributed by atoms with Crippen molar-refractivity contribution in [1.82, 2.24) is 15.5 Å². The van der Waals surface area contributed by atoms with Crippen LogP contribution < -0.4 is 10.6 Å². The van der Waals surface area contributed by atoms with Crippen LogP contribution in [0.25, 0.3) is 0 Å². The minimum absolute atomic E-state index is 0.0286. The van der Waals surface area contributed by atoms with Gasteiger partial charge in [0.2, 0.25) is 0 Å². The summed E-state index contributed by atoms with van der Waals surface area (Å²) < 4.78 is 30.5. The van der Waals surface area contributed by atoms with Gasteiger partial charge < -0.3 is 15.4 Å². The molecule has 1 saturated heterocycles. The lowest BCUT2D eigenvalue weighted by atomic mass is 9.92. The molecule has 170 valence electrons. The molecule has 8 heteroatoms. The Kier molecular flexibility index (Phi) is 10.6. The predicted octanol–water partition coefficient (Wildman–Crippen LogP) is 2.15. The van der Waals surface area contributed by atoms with E-state index in [-0.39, 0.29) is 5.75 Å². The van der Waals surface area contributed by atoms with Gasteiger partial charge in [0.1, 0.15) is 0 Å². The first kappa shape index (κ1) is 24.6. The molecule has 0 radical (unpaired) electrons. The van der Waals surface area contributed by atoms with Gasteiger partial charge in [0.15, 0.2) is 15.8 Å². The fourth-order valence-corrected chi connectivity index (χ4v) is 5.06. The SMILES string of the molecule is CCNC(=NCC(C(CC)CC)N1CCOCC1)NCCS(=O)(=O)c1ccccc1. The van der Waals surface area contributed by atoms with Crippen LogP contribution in [0.15, 0.2) is 40.2 Å². The Hall–Kier alpha value is -1.64. The minimum atomic E-state index is -3.31. The molecule has 1 fully saturated rings. The van der Waals surface area contributed by atoms with E-state index in [1.165, 1.54) is 0 Å². The van der Waals surface area contributed by atoms with Gasteiger partial charge in [-0.05, 0) is 25.0 Å². The molecule has 1 heterocycles. The third-order valence-electron chi connectivity index (χ3n) is 5.65. The molecule has 30 heavy (non-hydrogen) atoms. The largest absolute Gasteiger partial charge is 0.379 e. The number of rotatable bonds is 11. The number of nitrogens with one attached hydrogen (secondary N) is 2. The lowest BCUT2D eigenvalue weighted by Gasteiger charge is -2.38. The van der Waals surface area contributed by atoms with Crippen LogP contribution in [0.4, 0.5) is 0 Å². The summed E-state index contributed by atoms with van der Waals surface area (Å²) >= 11 is 0. The van der Waals surface area contributed by atoms with Crippen LogP contribution in [0.5, 0.6) is 0 Å². The lowest BCUT2D eigenvalue weighted by molar-refractivity contribution is 0.00395. The van der Waals surface area contributed by atoms with Gasteiger partial charge in [-0.3, -0.25) is 9.89 Å². The summed E-state index contributed by atoms with van der Waals surface area (Å²) in [6.07, 6.45) is 2.24. The van der Waals surface area contributed by atoms with Gasteiger partial charge in [0, 0.05) is 32.2 Å². The summed E-state index contributed by atoms with van der Waals surface area (Å²) in [5.74, 6) is 1.28. The number of nitrogens with zero attached hydrogens (tertiary/aromatic N) is 2. The normalized spacial score (nSPS) is 17.1. The number of benzene rings is 1. The number of hydrogen-bond donors (Lipinski definition) is 2. The highest BCUT2D eigenvalue weighted by Gasteiger charge is 2.26. The van der Waals surface area contributed by atoms with E-state index in [1.807, 2.05) is 13.0 Å². The highest BCUT2D eigenvalue weighted by molar-refractivity contribution is 7.91. The zero-order chi connectivity index (χ0) is 21.8. The molecule has 1 atom stereocenters. The molecular weight excluding hydrogens is 400 g/mol. The lowest BCUT2D eigenvalue weighted by Crippen LogP contribution is -2.49. The number of ether oxygens (including phenoxy) is 1. The number of guanidine groups is 1. The molecule has 0 aromatic heterocycles. The summed E-state index contributed by atoms with van der Waals surface area (Å²) in [7, 11) is -3.31. The van der Waals surface area contributed by atoms with E-state index in [2.05, 4.69) is 29.4 Å². The molecule has 1 aromatic carbocycles. The van der Waals surface area contributed by atoms with Crippen LogP contribution in [0.2, 0.25) is 0 Å². The Morgan fingerprint density at radius 1 is 1.10 bits per heavy atom. The van der Waals surface area contributed by atoms with Gasteiger partial charge in [-0.1, -0.05) is 44.9 Å². The maximum Gasteiger partial charge on any atom is 0.191 e. The molecule has 0 saturated carbocycles. The third kappa shape index (κ3) is 7.56. The first-order valence-corrected chi connectivity index (χ1v) is 12.8. The molecule has 2 rings (SSSR count). The maximum atomic E-state index is 12.5. The highest BCUT2D eigenvalue weighted by atomic mass is 32.2. The zero-order valence-corrected chi connectivity index (χ0v) is 19.5. The van der Waals surface area contributed by atoms with Gasteiger partial charge in [-0.15, -0.1) is 0 Å². The molecular formula is C22H38N4O3S. The Morgan fingerprint density at radius 2 is 1.77 bits per heavy atom. The van der Waals surface area contributed by atoms with Crippen molar-refractivity contribution in [2.75, 3.05) is 51.7 Å². The van der Waals surface area contributed by atoms with Crippen molar-refractivity contribution in [3.8, 4) is 0 Å². The molecule has 0 amide bonds. The van der Waals surface area contributed by atoms with E-state index >= 15 is 0 Å². The topological polar surface area (TPSA) is 83.0 Å². The van der Waals surface area contributed by atoms with Crippen LogP contribution in [0, 0.1) is 5.92 Å². The summed E-state index contributed by atoms with van der Waals surface area (Å²) in [5, 5.41) is 6.44. The van der Waals surface area contributed by atoms with E-state index in [0.29, 0.717) is 35.9 Å². The molecule has 2 N–H and O–H groups in total. The second kappa shape index (κ2) is 12.9. The Balaban J connectivity index is 2.00. The van der Waals surface area contributed by atoms with Gasteiger partial charge in [0.05, 0.1) is 30.4 Å². The van der Waals surface area contributed by atoms with E-state index in [0.717, 1.165) is 45.7 Å². The summed E-state index contributed by atoms with van der Waals surface area (Å²) in [4.78, 5) is 7.67. The van der Waals surface area contributed by atoms with Crippen LogP contribution in [0.3, 0.4) is 0 Å². The van der Waals surface area contributed by atoms with Crippen molar-refractivity contribution in [2.45, 2.75) is 44.6 Å². The number of aliphatic imine (C=N–C) groups is 1. The molecule has 0 aliphatic carbocycles. The number of morpholine rings is 1. The average molecular weight is 439 g/mol. The van der Waals surface area contributed by atoms with E-state index in [1.54, 1.807) is 24.3 Å². The zero-order valence-electron chi connectivity index (χ0n) is 18.6. The summed E-state index contributed by atoms with van der Waals surface area (Å²) in [6, 6.07) is 8.95. The molecule has 1 aliphatic heterocycles. The smallest absolute Gasteiger partial charge is 0.191 e. The van der Waals surface area contributed by atoms with E-state index < -0.39 is 9.84 Å². The standard InChI is InChI=1S/C22H38N4O3S/c1-4-19(5-2)21(26-13-15-29-16-14-26)18-25-22(23-6-3)24-12-17-30(27,28)20-10-8-7-9-11-20/h7-11,19,21H,4-6,12-18H2,1-3H3,(H2,23,24,25). The number of hydrogen-bond acceptors (Lipinski definition) is 5. The van der Waals surface area contributed by atoms with Crippen LogP contribution in [0.1, 0.15) is 33.6 Å². The van der Waals surface area contributed by atoms with Crippen molar-refractivity contribution in [1.29, 1.82) is 0 Å². The van der Waals surface area contributed by atoms with Crippen LogP contribution in [-0.2, 0) is 14.6 Å². The van der Waals surface area contributed by atoms with Crippen molar-refractivity contribution < 1.29 is 13.2 Å². The van der Waals surface area contributed by atoms with Crippen molar-refractivity contribution in [3.05, 3.63) is 30.3 Å². The first-order valence-electron chi connectivity index (χ1n) is 11.1. The van der Waals surface area contributed by atoms with E-state index in [4.69, 9.17) is 9.73 Å². The molecule has 1 aromatic rings. The monoisotopic (exact) mass is 438 g/mol. The van der Waals surface area contributed by atoms with E-state index in [9.17, 15) is 8.42 Å². The van der Waals surface area contributed by atoms with Crippen LogP contribution >= 0.6 is 0 Å². The van der Waals surface area contributed by atoms with Gasteiger partial charge in [0.25, 0.3) is 0 Å². The predicted molar refractivity (Wildman–Crippen MR) is 123 cm³/mol. The third-order valence-corrected chi connectivity index (χ3v) is 7.39. The quantitative estimate of drug-likeness (QED) is 0.407. The Bertz CT molecular complexity index is 730. The summed E-state index contributed by atoms with van der Waals surface area (Å²) in [6.45, 7) is 11.6. The highest BCUT2D eigenvalue weighted by Crippen LogP contribution is 2.20. The molecule has 0 bridgehead atoms. The number of sulfone groups is 1. The van der Waals surface area contributed by atoms with Crippen molar-refractivity contribution in [3.63, 3.8) is 0 Å². The maximum absolute atomic E-state index is 12.5. The van der Waals surface area contributed by atoms with Crippen molar-refractivity contribution in [2.24, 2.45) is 10.9 Å². The van der Waals surface area contributed by atoms with Gasteiger partial charge in [-0.25, -0.2) is 8.42 Å². The van der Waals surface area contributed by atoms with Gasteiger partial charge >= 0.3 is 0 Å². The van der Waals surface area contributed by atoms with Crippen molar-refractivity contribution >= 4 is 15.8 Å². The fourth-order valence-electron chi connectivity index (χ4n) is 3.88.